The number of nitrogens with two attached hydrogens (primary N) is 1. The average molecular weight is 272 g/mol. The maximum absolute atomic E-state index is 11.5. The molecule has 3 N–H and O–H groups in total. The molecule has 0 bridgehead atoms. The van der Waals surface area contributed by atoms with Gasteiger partial charge in [-0.3, -0.25) is 4.79 Å². The minimum absolute atomic E-state index is 0.0311. The normalized spacial score (nSPS) is 13.0. The molecule has 0 aromatic heterocycles. The second-order valence-electron chi connectivity index (χ2n) is 3.70. The number of hydrogen-bond donors (Lipinski definition) is 2. The first-order valence-electron chi connectivity index (χ1n) is 5.29. The molecule has 0 heterocycles. The van der Waals surface area contributed by atoms with Crippen LogP contribution in [0.5, 0.6) is 0 Å². The van der Waals surface area contributed by atoms with E-state index in [9.17, 15) is 13.2 Å². The number of benzene rings is 1. The van der Waals surface area contributed by atoms with E-state index in [4.69, 9.17) is 5.73 Å². The third-order valence-corrected chi connectivity index (χ3v) is 3.51. The summed E-state index contributed by atoms with van der Waals surface area (Å²) in [5, 5.41) is 0. The monoisotopic (exact) mass is 272 g/mol. The van der Waals surface area contributed by atoms with Gasteiger partial charge in [0.15, 0.2) is 5.75 Å². The third kappa shape index (κ3) is 4.82. The van der Waals surface area contributed by atoms with Crippen LogP contribution in [0.3, 0.4) is 0 Å². The summed E-state index contributed by atoms with van der Waals surface area (Å²) in [5.74, 6) is -1.51. The average Bonchev–Trinajstić information content (AvgIpc) is 2.36. The summed E-state index contributed by atoms with van der Waals surface area (Å²) in [7, 11) is -2.57. The zero-order valence-corrected chi connectivity index (χ0v) is 10.8. The molecule has 1 aromatic rings. The van der Waals surface area contributed by atoms with Crippen LogP contribution in [0, 0.1) is 0 Å². The molecule has 1 atom stereocenters. The highest BCUT2D eigenvalue weighted by Gasteiger charge is 2.17. The molecule has 100 valence electrons. The molecule has 0 saturated carbocycles. The predicted molar refractivity (Wildman–Crippen MR) is 67.2 cm³/mol. The van der Waals surface area contributed by atoms with Gasteiger partial charge >= 0.3 is 5.97 Å². The van der Waals surface area contributed by atoms with Crippen molar-refractivity contribution < 1.29 is 17.9 Å². The molecule has 18 heavy (non-hydrogen) atoms. The van der Waals surface area contributed by atoms with Gasteiger partial charge in [0.25, 0.3) is 0 Å². The lowest BCUT2D eigenvalue weighted by Gasteiger charge is -2.12. The first kappa shape index (κ1) is 14.6. The van der Waals surface area contributed by atoms with Crippen LogP contribution >= 0.6 is 0 Å². The van der Waals surface area contributed by atoms with E-state index < -0.39 is 27.8 Å². The molecule has 6 nitrogen and oxygen atoms in total. The summed E-state index contributed by atoms with van der Waals surface area (Å²) < 4.78 is 29.5. The maximum atomic E-state index is 11.5. The predicted octanol–water partition coefficient (Wildman–Crippen LogP) is -0.221. The quantitative estimate of drug-likeness (QED) is 0.697. The summed E-state index contributed by atoms with van der Waals surface area (Å²) in [6.07, 6.45) is 0. The highest BCUT2D eigenvalue weighted by atomic mass is 32.2. The van der Waals surface area contributed by atoms with Crippen molar-refractivity contribution in [2.45, 2.75) is 6.04 Å². The van der Waals surface area contributed by atoms with Gasteiger partial charge in [-0.1, -0.05) is 30.3 Å². The molecular formula is C11H16N2O4S. The Labute approximate surface area is 106 Å². The van der Waals surface area contributed by atoms with E-state index in [1.165, 1.54) is 0 Å². The van der Waals surface area contributed by atoms with E-state index >= 15 is 0 Å². The largest absolute Gasteiger partial charge is 0.468 e. The lowest BCUT2D eigenvalue weighted by atomic mass is 10.1. The molecule has 0 amide bonds. The molecule has 1 unspecified atom stereocenters. The molecule has 0 aliphatic heterocycles. The van der Waals surface area contributed by atoms with Crippen LogP contribution in [0.15, 0.2) is 30.3 Å². The molecule has 7 heteroatoms. The third-order valence-electron chi connectivity index (χ3n) is 2.29. The van der Waals surface area contributed by atoms with Crippen LogP contribution in [-0.2, 0) is 19.6 Å². The van der Waals surface area contributed by atoms with Gasteiger partial charge in [-0.15, -0.1) is 0 Å². The zero-order valence-electron chi connectivity index (χ0n) is 10.00. The summed E-state index contributed by atoms with van der Waals surface area (Å²) in [6.45, 7) is 0.0311. The standard InChI is InChI=1S/C11H16N2O4S/c1-17-11(14)8-18(15,16)13-7-10(12)9-5-3-2-4-6-9/h2-6,10,13H,7-8,12H2,1H3. The van der Waals surface area contributed by atoms with Gasteiger partial charge < -0.3 is 10.5 Å². The van der Waals surface area contributed by atoms with Crippen LogP contribution in [0.1, 0.15) is 11.6 Å². The number of ether oxygens (including phenoxy) is 1. The van der Waals surface area contributed by atoms with Gasteiger partial charge in [-0.2, -0.15) is 0 Å². The molecular weight excluding hydrogens is 256 g/mol. The summed E-state index contributed by atoms with van der Waals surface area (Å²) in [6, 6.07) is 8.63. The smallest absolute Gasteiger partial charge is 0.322 e. The van der Waals surface area contributed by atoms with Gasteiger partial charge in [0, 0.05) is 12.6 Å². The number of carbonyl (C=O) groups is 1. The lowest BCUT2D eigenvalue weighted by Crippen LogP contribution is -2.35. The number of sulfonamides is 1. The number of carbonyl (C=O) groups excluding carboxylic acids is 1. The Bertz CT molecular complexity index is 487. The Morgan fingerprint density at radius 2 is 2.00 bits per heavy atom. The first-order chi connectivity index (χ1) is 8.44. The number of nitrogens with one attached hydrogen (secondary N) is 1. The summed E-state index contributed by atoms with van der Waals surface area (Å²) >= 11 is 0. The lowest BCUT2D eigenvalue weighted by molar-refractivity contribution is -0.137. The van der Waals surface area contributed by atoms with Crippen molar-refractivity contribution in [2.75, 3.05) is 19.4 Å². The highest BCUT2D eigenvalue weighted by molar-refractivity contribution is 7.90. The molecule has 0 aliphatic carbocycles. The van der Waals surface area contributed by atoms with E-state index in [1.807, 2.05) is 18.2 Å². The number of esters is 1. The van der Waals surface area contributed by atoms with Crippen molar-refractivity contribution >= 4 is 16.0 Å². The van der Waals surface area contributed by atoms with Gasteiger partial charge in [-0.25, -0.2) is 13.1 Å². The van der Waals surface area contributed by atoms with Crippen LogP contribution < -0.4 is 10.5 Å². The molecule has 0 saturated heterocycles. The number of hydrogen-bond acceptors (Lipinski definition) is 5. The van der Waals surface area contributed by atoms with Gasteiger partial charge in [0.1, 0.15) is 0 Å². The summed E-state index contributed by atoms with van der Waals surface area (Å²) in [4.78, 5) is 10.9. The SMILES string of the molecule is COC(=O)CS(=O)(=O)NCC(N)c1ccccc1. The number of methoxy groups -OCH3 is 1. The van der Waals surface area contributed by atoms with Crippen molar-refractivity contribution in [1.82, 2.24) is 4.72 Å². The van der Waals surface area contributed by atoms with Crippen LogP contribution in [-0.4, -0.2) is 33.8 Å². The fourth-order valence-electron chi connectivity index (χ4n) is 1.30. The maximum Gasteiger partial charge on any atom is 0.322 e. The Kier molecular flexibility index (Phi) is 5.26. The topological polar surface area (TPSA) is 98.5 Å². The van der Waals surface area contributed by atoms with Crippen LogP contribution in [0.25, 0.3) is 0 Å². The van der Waals surface area contributed by atoms with E-state index in [1.54, 1.807) is 12.1 Å². The Hall–Kier alpha value is -1.44. The van der Waals surface area contributed by atoms with Crippen molar-refractivity contribution in [3.05, 3.63) is 35.9 Å². The highest BCUT2D eigenvalue weighted by Crippen LogP contribution is 2.08. The Balaban J connectivity index is 2.53. The van der Waals surface area contributed by atoms with Crippen LogP contribution in [0.2, 0.25) is 0 Å². The summed E-state index contributed by atoms with van der Waals surface area (Å²) in [5.41, 5.74) is 6.64. The molecule has 0 radical (unpaired) electrons. The van der Waals surface area contributed by atoms with Gasteiger partial charge in [0.2, 0.25) is 10.0 Å². The fraction of sp³-hybridized carbons (Fsp3) is 0.364. The minimum atomic E-state index is -3.70. The molecule has 1 rings (SSSR count). The second kappa shape index (κ2) is 6.48. The van der Waals surface area contributed by atoms with Gasteiger partial charge in [0.05, 0.1) is 7.11 Å². The van der Waals surface area contributed by atoms with Gasteiger partial charge in [-0.05, 0) is 5.56 Å². The van der Waals surface area contributed by atoms with Crippen molar-refractivity contribution in [3.8, 4) is 0 Å². The fourth-order valence-corrected chi connectivity index (χ4v) is 2.26. The van der Waals surface area contributed by atoms with E-state index in [2.05, 4.69) is 9.46 Å². The minimum Gasteiger partial charge on any atom is -0.468 e. The second-order valence-corrected chi connectivity index (χ2v) is 5.51. The molecule has 0 fully saturated rings. The van der Waals surface area contributed by atoms with E-state index in [-0.39, 0.29) is 6.54 Å². The Morgan fingerprint density at radius 1 is 1.39 bits per heavy atom. The van der Waals surface area contributed by atoms with Crippen molar-refractivity contribution in [2.24, 2.45) is 5.73 Å². The zero-order chi connectivity index (χ0) is 13.6. The van der Waals surface area contributed by atoms with Crippen molar-refractivity contribution in [3.63, 3.8) is 0 Å². The molecule has 0 aliphatic rings. The van der Waals surface area contributed by atoms with Crippen molar-refractivity contribution in [1.29, 1.82) is 0 Å². The Morgan fingerprint density at radius 3 is 2.56 bits per heavy atom. The van der Waals surface area contributed by atoms with E-state index in [0.29, 0.717) is 0 Å². The molecule has 1 aromatic carbocycles. The first-order valence-corrected chi connectivity index (χ1v) is 6.94. The van der Waals surface area contributed by atoms with Crippen LogP contribution in [0.4, 0.5) is 0 Å². The molecule has 0 spiro atoms. The number of rotatable bonds is 6. The van der Waals surface area contributed by atoms with E-state index in [0.717, 1.165) is 12.7 Å².